The van der Waals surface area contributed by atoms with Gasteiger partial charge < -0.3 is 10.2 Å². The van der Waals surface area contributed by atoms with Gasteiger partial charge in [-0.15, -0.1) is 0 Å². The van der Waals surface area contributed by atoms with Crippen molar-refractivity contribution in [2.45, 2.75) is 25.9 Å². The van der Waals surface area contributed by atoms with Crippen molar-refractivity contribution in [3.8, 4) is 0 Å². The van der Waals surface area contributed by atoms with Crippen molar-refractivity contribution in [3.63, 3.8) is 0 Å². The van der Waals surface area contributed by atoms with Crippen LogP contribution in [-0.2, 0) is 21.7 Å². The number of rotatable bonds is 6. The molecular weight excluding hydrogens is 432 g/mol. The molecular formula is C21H20Cl2FN3O3. The molecule has 30 heavy (non-hydrogen) atoms. The van der Waals surface area contributed by atoms with E-state index in [1.54, 1.807) is 31.2 Å². The predicted octanol–water partition coefficient (Wildman–Crippen LogP) is 3.95. The highest BCUT2D eigenvalue weighted by Gasteiger charge is 2.50. The number of carbonyl (C=O) groups excluding carboxylic acids is 3. The molecule has 3 rings (SSSR count). The lowest BCUT2D eigenvalue weighted by Gasteiger charge is -2.25. The third-order valence-electron chi connectivity index (χ3n) is 5.04. The largest absolute Gasteiger partial charge is 0.337 e. The molecule has 1 N–H and O–H groups in total. The normalized spacial score (nSPS) is 18.5. The summed E-state index contributed by atoms with van der Waals surface area (Å²) in [6.07, 6.45) is 0. The molecule has 1 fully saturated rings. The second-order valence-corrected chi connectivity index (χ2v) is 7.95. The third kappa shape index (κ3) is 4.27. The molecule has 2 aromatic rings. The lowest BCUT2D eigenvalue weighted by atomic mass is 9.92. The summed E-state index contributed by atoms with van der Waals surface area (Å²) in [5.41, 5.74) is -0.423. The molecule has 9 heteroatoms. The number of nitrogens with one attached hydrogen (secondary N) is 1. The first-order valence-corrected chi connectivity index (χ1v) is 10.0. The number of carbonyl (C=O) groups is 3. The summed E-state index contributed by atoms with van der Waals surface area (Å²) in [6.45, 7) is 3.35. The standard InChI is InChI=1S/C21H20Cl2FN3O3/c1-3-26(11-13-5-4-6-15(24)9-13)18(28)12-27-19(29)21(2,25-20(27)30)16-8-7-14(22)10-17(16)23/h4-10H,3,11-12H2,1-2H3,(H,25,30)/t21-/m0/s1. The minimum absolute atomic E-state index is 0.164. The first-order valence-electron chi connectivity index (χ1n) is 9.27. The number of imide groups is 1. The fraction of sp³-hybridized carbons (Fsp3) is 0.286. The van der Waals surface area contributed by atoms with Crippen LogP contribution in [0.15, 0.2) is 42.5 Å². The Bertz CT molecular complexity index is 1020. The predicted molar refractivity (Wildman–Crippen MR) is 112 cm³/mol. The van der Waals surface area contributed by atoms with Crippen molar-refractivity contribution < 1.29 is 18.8 Å². The molecule has 0 aromatic heterocycles. The van der Waals surface area contributed by atoms with E-state index < -0.39 is 35.7 Å². The van der Waals surface area contributed by atoms with Crippen molar-refractivity contribution >= 4 is 41.0 Å². The average molecular weight is 452 g/mol. The lowest BCUT2D eigenvalue weighted by Crippen LogP contribution is -2.44. The van der Waals surface area contributed by atoms with Gasteiger partial charge in [0.15, 0.2) is 0 Å². The van der Waals surface area contributed by atoms with E-state index >= 15 is 0 Å². The van der Waals surface area contributed by atoms with Gasteiger partial charge in [-0.1, -0.05) is 41.4 Å². The van der Waals surface area contributed by atoms with E-state index in [-0.39, 0.29) is 11.6 Å². The number of likely N-dealkylation sites (N-methyl/N-ethyl adjacent to an activating group) is 1. The molecule has 0 saturated carbocycles. The Kier molecular flexibility index (Phi) is 6.33. The quantitative estimate of drug-likeness (QED) is 0.675. The molecule has 1 aliphatic heterocycles. The van der Waals surface area contributed by atoms with Crippen LogP contribution in [0.5, 0.6) is 0 Å². The van der Waals surface area contributed by atoms with E-state index in [1.165, 1.54) is 30.0 Å². The van der Waals surface area contributed by atoms with Crippen molar-refractivity contribution in [1.29, 1.82) is 0 Å². The minimum atomic E-state index is -1.42. The van der Waals surface area contributed by atoms with Crippen molar-refractivity contribution in [2.75, 3.05) is 13.1 Å². The van der Waals surface area contributed by atoms with Gasteiger partial charge in [0.05, 0.1) is 0 Å². The summed E-state index contributed by atoms with van der Waals surface area (Å²) in [6, 6.07) is 9.84. The zero-order valence-corrected chi connectivity index (χ0v) is 17.9. The zero-order chi connectivity index (χ0) is 22.1. The Balaban J connectivity index is 1.78. The Morgan fingerprint density at radius 1 is 1.20 bits per heavy atom. The van der Waals surface area contributed by atoms with Crippen LogP contribution in [0.3, 0.4) is 0 Å². The summed E-state index contributed by atoms with van der Waals surface area (Å²) in [5, 5.41) is 3.24. The number of urea groups is 1. The molecule has 6 nitrogen and oxygen atoms in total. The summed E-state index contributed by atoms with van der Waals surface area (Å²) >= 11 is 12.1. The van der Waals surface area contributed by atoms with Gasteiger partial charge in [0.2, 0.25) is 5.91 Å². The number of amides is 4. The van der Waals surface area contributed by atoms with Gasteiger partial charge in [0, 0.05) is 28.7 Å². The van der Waals surface area contributed by atoms with Crippen LogP contribution in [0.2, 0.25) is 10.0 Å². The zero-order valence-electron chi connectivity index (χ0n) is 16.4. The molecule has 1 heterocycles. The van der Waals surface area contributed by atoms with Gasteiger partial charge in [-0.3, -0.25) is 14.5 Å². The van der Waals surface area contributed by atoms with E-state index in [2.05, 4.69) is 5.32 Å². The topological polar surface area (TPSA) is 69.7 Å². The van der Waals surface area contributed by atoms with Gasteiger partial charge in [-0.25, -0.2) is 9.18 Å². The van der Waals surface area contributed by atoms with Gasteiger partial charge >= 0.3 is 6.03 Å². The molecule has 0 spiro atoms. The van der Waals surface area contributed by atoms with Crippen molar-refractivity contribution in [1.82, 2.24) is 15.1 Å². The van der Waals surface area contributed by atoms with Gasteiger partial charge in [-0.05, 0) is 43.7 Å². The summed E-state index contributed by atoms with van der Waals surface area (Å²) in [4.78, 5) is 40.7. The SMILES string of the molecule is CCN(Cc1cccc(F)c1)C(=O)CN1C(=O)N[C@@](C)(c2ccc(Cl)cc2Cl)C1=O. The highest BCUT2D eigenvalue weighted by molar-refractivity contribution is 6.35. The van der Waals surface area contributed by atoms with Crippen LogP contribution in [0.1, 0.15) is 25.0 Å². The molecule has 0 aliphatic carbocycles. The number of hydrogen-bond donors (Lipinski definition) is 1. The van der Waals surface area contributed by atoms with Crippen LogP contribution in [0, 0.1) is 5.82 Å². The van der Waals surface area contributed by atoms with Crippen LogP contribution in [0.4, 0.5) is 9.18 Å². The van der Waals surface area contributed by atoms with Crippen LogP contribution in [0.25, 0.3) is 0 Å². The highest BCUT2D eigenvalue weighted by Crippen LogP contribution is 2.35. The van der Waals surface area contributed by atoms with Crippen molar-refractivity contribution in [2.24, 2.45) is 0 Å². The highest BCUT2D eigenvalue weighted by atomic mass is 35.5. The molecule has 2 aromatic carbocycles. The molecule has 1 atom stereocenters. The maximum atomic E-state index is 13.4. The monoisotopic (exact) mass is 451 g/mol. The van der Waals surface area contributed by atoms with Crippen LogP contribution in [-0.4, -0.2) is 40.7 Å². The Hall–Kier alpha value is -2.64. The van der Waals surface area contributed by atoms with Gasteiger partial charge in [0.1, 0.15) is 17.9 Å². The average Bonchev–Trinajstić information content (AvgIpc) is 2.89. The number of hydrogen-bond acceptors (Lipinski definition) is 3. The smallest absolute Gasteiger partial charge is 0.325 e. The summed E-state index contributed by atoms with van der Waals surface area (Å²) < 4.78 is 13.4. The Morgan fingerprint density at radius 2 is 1.93 bits per heavy atom. The number of benzene rings is 2. The Labute approximate surface area is 183 Å². The third-order valence-corrected chi connectivity index (χ3v) is 5.58. The van der Waals surface area contributed by atoms with Crippen LogP contribution >= 0.6 is 23.2 Å². The van der Waals surface area contributed by atoms with E-state index in [4.69, 9.17) is 23.2 Å². The molecule has 1 saturated heterocycles. The lowest BCUT2D eigenvalue weighted by molar-refractivity contribution is -0.139. The van der Waals surface area contributed by atoms with Crippen LogP contribution < -0.4 is 5.32 Å². The fourth-order valence-electron chi connectivity index (χ4n) is 3.39. The second kappa shape index (κ2) is 8.62. The minimum Gasteiger partial charge on any atom is -0.337 e. The van der Waals surface area contributed by atoms with Gasteiger partial charge in [0.25, 0.3) is 5.91 Å². The maximum absolute atomic E-state index is 13.4. The van der Waals surface area contributed by atoms with E-state index in [0.717, 1.165) is 4.90 Å². The fourth-order valence-corrected chi connectivity index (χ4v) is 3.98. The molecule has 0 unspecified atom stereocenters. The van der Waals surface area contributed by atoms with E-state index in [0.29, 0.717) is 22.7 Å². The second-order valence-electron chi connectivity index (χ2n) is 7.11. The molecule has 0 radical (unpaired) electrons. The van der Waals surface area contributed by atoms with E-state index in [9.17, 15) is 18.8 Å². The van der Waals surface area contributed by atoms with E-state index in [1.807, 2.05) is 0 Å². The number of nitrogens with zero attached hydrogens (tertiary/aromatic N) is 2. The van der Waals surface area contributed by atoms with Crippen molar-refractivity contribution in [3.05, 3.63) is 69.5 Å². The molecule has 158 valence electrons. The summed E-state index contributed by atoms with van der Waals surface area (Å²) in [7, 11) is 0. The first-order chi connectivity index (χ1) is 14.2. The molecule has 4 amide bonds. The first kappa shape index (κ1) is 22.1. The number of halogens is 3. The summed E-state index contributed by atoms with van der Waals surface area (Å²) in [5.74, 6) is -1.43. The Morgan fingerprint density at radius 3 is 2.57 bits per heavy atom. The van der Waals surface area contributed by atoms with Gasteiger partial charge in [-0.2, -0.15) is 0 Å². The molecule has 1 aliphatic rings. The molecule has 0 bridgehead atoms. The maximum Gasteiger partial charge on any atom is 0.325 e.